The second-order valence-corrected chi connectivity index (χ2v) is 4.60. The third kappa shape index (κ3) is 1.79. The third-order valence-corrected chi connectivity index (χ3v) is 3.65. The van der Waals surface area contributed by atoms with Crippen LogP contribution in [0.25, 0.3) is 0 Å². The van der Waals surface area contributed by atoms with Gasteiger partial charge in [-0.3, -0.25) is 4.79 Å². The summed E-state index contributed by atoms with van der Waals surface area (Å²) in [4.78, 5) is 11.5. The fourth-order valence-electron chi connectivity index (χ4n) is 2.65. The molecule has 0 radical (unpaired) electrons. The van der Waals surface area contributed by atoms with Crippen LogP contribution in [0, 0.1) is 5.82 Å². The molecule has 0 amide bonds. The zero-order valence-electron chi connectivity index (χ0n) is 10.1. The summed E-state index contributed by atoms with van der Waals surface area (Å²) in [7, 11) is 1.35. The third-order valence-electron chi connectivity index (χ3n) is 3.65. The minimum absolute atomic E-state index is 0.0962. The van der Waals surface area contributed by atoms with Crippen molar-refractivity contribution in [1.29, 1.82) is 0 Å². The van der Waals surface area contributed by atoms with E-state index >= 15 is 0 Å². The van der Waals surface area contributed by atoms with Gasteiger partial charge in [-0.1, -0.05) is 12.8 Å². The van der Waals surface area contributed by atoms with Gasteiger partial charge in [0.05, 0.1) is 12.5 Å². The van der Waals surface area contributed by atoms with Crippen LogP contribution < -0.4 is 4.74 Å². The number of hydrogen-bond acceptors (Lipinski definition) is 3. The highest BCUT2D eigenvalue weighted by atomic mass is 19.1. The monoisotopic (exact) mass is 254 g/mol. The van der Waals surface area contributed by atoms with E-state index in [2.05, 4.69) is 0 Å². The number of halogens is 1. The van der Waals surface area contributed by atoms with Crippen molar-refractivity contribution in [2.75, 3.05) is 7.11 Å². The van der Waals surface area contributed by atoms with Crippen LogP contribution in [-0.4, -0.2) is 23.3 Å². The largest absolute Gasteiger partial charge is 0.504 e. The average Bonchev–Trinajstić information content (AvgIpc) is 2.79. The Labute approximate surface area is 104 Å². The number of phenols is 1. The van der Waals surface area contributed by atoms with Crippen LogP contribution in [0.1, 0.15) is 31.2 Å². The number of carboxylic acid groups (broad SMARTS) is 1. The van der Waals surface area contributed by atoms with Gasteiger partial charge >= 0.3 is 5.97 Å². The summed E-state index contributed by atoms with van der Waals surface area (Å²) in [6.07, 6.45) is 2.34. The molecule has 0 aliphatic heterocycles. The van der Waals surface area contributed by atoms with E-state index in [1.165, 1.54) is 13.2 Å². The van der Waals surface area contributed by atoms with Crippen LogP contribution in [0.15, 0.2) is 12.1 Å². The fraction of sp³-hybridized carbons (Fsp3) is 0.462. The van der Waals surface area contributed by atoms with E-state index in [9.17, 15) is 19.4 Å². The fourth-order valence-corrected chi connectivity index (χ4v) is 2.65. The first-order valence-corrected chi connectivity index (χ1v) is 5.81. The van der Waals surface area contributed by atoms with E-state index < -0.39 is 17.2 Å². The second kappa shape index (κ2) is 4.48. The molecule has 0 unspecified atom stereocenters. The lowest BCUT2D eigenvalue weighted by molar-refractivity contribution is -0.143. The van der Waals surface area contributed by atoms with Gasteiger partial charge in [-0.15, -0.1) is 0 Å². The summed E-state index contributed by atoms with van der Waals surface area (Å²) in [5, 5.41) is 18.9. The van der Waals surface area contributed by atoms with Crippen molar-refractivity contribution in [3.8, 4) is 11.5 Å². The summed E-state index contributed by atoms with van der Waals surface area (Å²) < 4.78 is 18.9. The van der Waals surface area contributed by atoms with Crippen LogP contribution in [-0.2, 0) is 10.2 Å². The lowest BCUT2D eigenvalue weighted by Crippen LogP contribution is -2.33. The standard InChI is InChI=1S/C13H15FO4/c1-18-11-6-8(9(14)7-10(11)15)13(12(16)17)4-2-3-5-13/h6-7,15H,2-5H2,1H3,(H,16,17). The number of methoxy groups -OCH3 is 1. The molecule has 1 saturated carbocycles. The number of benzene rings is 1. The smallest absolute Gasteiger partial charge is 0.314 e. The topological polar surface area (TPSA) is 66.8 Å². The molecule has 0 bridgehead atoms. The van der Waals surface area contributed by atoms with Crippen LogP contribution >= 0.6 is 0 Å². The molecule has 18 heavy (non-hydrogen) atoms. The highest BCUT2D eigenvalue weighted by molar-refractivity contribution is 5.82. The molecule has 2 rings (SSSR count). The van der Waals surface area contributed by atoms with Gasteiger partial charge < -0.3 is 14.9 Å². The first-order valence-electron chi connectivity index (χ1n) is 5.81. The number of aliphatic carboxylic acids is 1. The summed E-state index contributed by atoms with van der Waals surface area (Å²) in [6, 6.07) is 2.21. The molecule has 5 heteroatoms. The van der Waals surface area contributed by atoms with Crippen molar-refractivity contribution in [3.63, 3.8) is 0 Å². The Morgan fingerprint density at radius 1 is 1.39 bits per heavy atom. The van der Waals surface area contributed by atoms with E-state index in [0.29, 0.717) is 12.8 Å². The van der Waals surface area contributed by atoms with Crippen molar-refractivity contribution in [1.82, 2.24) is 0 Å². The number of aromatic hydroxyl groups is 1. The minimum Gasteiger partial charge on any atom is -0.504 e. The van der Waals surface area contributed by atoms with Gasteiger partial charge in [0, 0.05) is 11.6 Å². The summed E-state index contributed by atoms with van der Waals surface area (Å²) in [6.45, 7) is 0. The molecule has 2 N–H and O–H groups in total. The molecule has 0 spiro atoms. The number of rotatable bonds is 3. The number of ether oxygens (including phenoxy) is 1. The second-order valence-electron chi connectivity index (χ2n) is 4.60. The average molecular weight is 254 g/mol. The highest BCUT2D eigenvalue weighted by Crippen LogP contribution is 2.45. The Bertz CT molecular complexity index is 478. The number of carbonyl (C=O) groups is 1. The zero-order valence-corrected chi connectivity index (χ0v) is 10.1. The quantitative estimate of drug-likeness (QED) is 0.869. The molecule has 0 atom stereocenters. The van der Waals surface area contributed by atoms with Gasteiger partial charge in [-0.05, 0) is 18.9 Å². The minimum atomic E-state index is -1.19. The van der Waals surface area contributed by atoms with Crippen LogP contribution in [0.3, 0.4) is 0 Å². The van der Waals surface area contributed by atoms with Crippen molar-refractivity contribution < 1.29 is 24.1 Å². The van der Waals surface area contributed by atoms with Gasteiger partial charge in [0.2, 0.25) is 0 Å². The molecule has 98 valence electrons. The van der Waals surface area contributed by atoms with E-state index in [-0.39, 0.29) is 17.1 Å². The van der Waals surface area contributed by atoms with Crippen LogP contribution in [0.4, 0.5) is 4.39 Å². The number of hydrogen-bond donors (Lipinski definition) is 2. The van der Waals surface area contributed by atoms with Crippen molar-refractivity contribution in [3.05, 3.63) is 23.5 Å². The Kier molecular flexibility index (Phi) is 3.15. The van der Waals surface area contributed by atoms with Gasteiger partial charge in [-0.25, -0.2) is 4.39 Å². The summed E-state index contributed by atoms with van der Waals surface area (Å²) >= 11 is 0. The Morgan fingerprint density at radius 2 is 2.00 bits per heavy atom. The molecular weight excluding hydrogens is 239 g/mol. The van der Waals surface area contributed by atoms with Crippen molar-refractivity contribution in [2.24, 2.45) is 0 Å². The van der Waals surface area contributed by atoms with E-state index in [1.807, 2.05) is 0 Å². The zero-order chi connectivity index (χ0) is 13.3. The molecule has 4 nitrogen and oxygen atoms in total. The van der Waals surface area contributed by atoms with Crippen LogP contribution in [0.2, 0.25) is 0 Å². The SMILES string of the molecule is COc1cc(C2(C(=O)O)CCCC2)c(F)cc1O. The van der Waals surface area contributed by atoms with Gasteiger partial charge in [0.25, 0.3) is 0 Å². The molecule has 1 aliphatic rings. The van der Waals surface area contributed by atoms with Gasteiger partial charge in [-0.2, -0.15) is 0 Å². The lowest BCUT2D eigenvalue weighted by atomic mass is 9.78. The maximum absolute atomic E-state index is 13.9. The molecule has 1 aromatic carbocycles. The lowest BCUT2D eigenvalue weighted by Gasteiger charge is -2.25. The molecule has 0 heterocycles. The van der Waals surface area contributed by atoms with E-state index in [1.54, 1.807) is 0 Å². The van der Waals surface area contributed by atoms with E-state index in [0.717, 1.165) is 18.9 Å². The summed E-state index contributed by atoms with van der Waals surface area (Å²) in [5.41, 5.74) is -1.09. The van der Waals surface area contributed by atoms with Crippen molar-refractivity contribution >= 4 is 5.97 Å². The number of carboxylic acids is 1. The van der Waals surface area contributed by atoms with Gasteiger partial charge in [0.1, 0.15) is 5.82 Å². The molecule has 1 aromatic rings. The van der Waals surface area contributed by atoms with E-state index in [4.69, 9.17) is 4.74 Å². The first-order chi connectivity index (χ1) is 8.51. The molecule has 1 aliphatic carbocycles. The molecule has 0 aromatic heterocycles. The molecular formula is C13H15FO4. The molecule has 1 fully saturated rings. The van der Waals surface area contributed by atoms with Crippen molar-refractivity contribution in [2.45, 2.75) is 31.1 Å². The predicted octanol–water partition coefficient (Wildman–Crippen LogP) is 2.44. The molecule has 0 saturated heterocycles. The number of phenolic OH excluding ortho intramolecular Hbond substituents is 1. The Hall–Kier alpha value is -1.78. The van der Waals surface area contributed by atoms with Gasteiger partial charge in [0.15, 0.2) is 11.5 Å². The van der Waals surface area contributed by atoms with Crippen LogP contribution in [0.5, 0.6) is 11.5 Å². The predicted molar refractivity (Wildman–Crippen MR) is 62.4 cm³/mol. The summed E-state index contributed by atoms with van der Waals surface area (Å²) in [5.74, 6) is -1.94. The normalized spacial score (nSPS) is 17.7. The first kappa shape index (κ1) is 12.7. The highest BCUT2D eigenvalue weighted by Gasteiger charge is 2.45. The Balaban J connectivity index is 2.58. The maximum atomic E-state index is 13.9. The Morgan fingerprint density at radius 3 is 2.50 bits per heavy atom. The maximum Gasteiger partial charge on any atom is 0.314 e.